The van der Waals surface area contributed by atoms with Gasteiger partial charge in [0.05, 0.1) is 12.1 Å². The average molecular weight is 276 g/mol. The van der Waals surface area contributed by atoms with Crippen molar-refractivity contribution in [2.45, 2.75) is 65.8 Å². The lowest BCUT2D eigenvalue weighted by atomic mass is 9.75. The molecule has 0 amide bonds. The summed E-state index contributed by atoms with van der Waals surface area (Å²) < 4.78 is 1.93. The van der Waals surface area contributed by atoms with Crippen molar-refractivity contribution in [3.63, 3.8) is 0 Å². The van der Waals surface area contributed by atoms with Crippen molar-refractivity contribution in [1.29, 1.82) is 0 Å². The van der Waals surface area contributed by atoms with E-state index in [1.165, 1.54) is 12.8 Å². The van der Waals surface area contributed by atoms with E-state index in [1.807, 2.05) is 16.9 Å². The van der Waals surface area contributed by atoms with Crippen LogP contribution in [-0.2, 0) is 11.2 Å². The second kappa shape index (κ2) is 6.55. The van der Waals surface area contributed by atoms with E-state index in [0.29, 0.717) is 18.2 Å². The molecule has 1 aliphatic rings. The Labute approximate surface area is 122 Å². The predicted molar refractivity (Wildman–Crippen MR) is 81.6 cm³/mol. The van der Waals surface area contributed by atoms with Gasteiger partial charge in [-0.2, -0.15) is 5.10 Å². The van der Waals surface area contributed by atoms with Crippen LogP contribution >= 0.6 is 0 Å². The number of aromatic nitrogens is 2. The quantitative estimate of drug-likeness (QED) is 0.813. The molecule has 1 aromatic heterocycles. The van der Waals surface area contributed by atoms with E-state index < -0.39 is 0 Å². The van der Waals surface area contributed by atoms with Crippen molar-refractivity contribution >= 4 is 5.78 Å². The highest BCUT2D eigenvalue weighted by Gasteiger charge is 2.27. The molecule has 0 saturated heterocycles. The minimum atomic E-state index is 0.272. The first kappa shape index (κ1) is 15.3. The zero-order valence-corrected chi connectivity index (χ0v) is 13.3. The maximum absolute atomic E-state index is 12.4. The van der Waals surface area contributed by atoms with Crippen LogP contribution in [0.1, 0.15) is 65.1 Å². The van der Waals surface area contributed by atoms with Crippen LogP contribution in [0.4, 0.5) is 0 Å². The molecule has 0 atom stereocenters. The van der Waals surface area contributed by atoms with Gasteiger partial charge in [-0.25, -0.2) is 0 Å². The van der Waals surface area contributed by atoms with Crippen molar-refractivity contribution in [2.24, 2.45) is 17.8 Å². The molecule has 1 heterocycles. The number of hydrogen-bond acceptors (Lipinski definition) is 2. The summed E-state index contributed by atoms with van der Waals surface area (Å²) in [6, 6.07) is 2.35. The monoisotopic (exact) mass is 276 g/mol. The smallest absolute Gasteiger partial charge is 0.141 e. The van der Waals surface area contributed by atoms with Gasteiger partial charge >= 0.3 is 0 Å². The second-order valence-corrected chi connectivity index (χ2v) is 6.88. The van der Waals surface area contributed by atoms with Gasteiger partial charge in [-0.1, -0.05) is 13.8 Å². The summed E-state index contributed by atoms with van der Waals surface area (Å²) >= 11 is 0. The van der Waals surface area contributed by atoms with Crippen LogP contribution in [0.25, 0.3) is 0 Å². The lowest BCUT2D eigenvalue weighted by Gasteiger charge is -2.30. The standard InChI is InChI=1S/C17H28N2O/c1-12(2)14-5-7-15(8-6-14)17(20)11-16-9-10-19(18-16)13(3)4/h9-10,12-15H,5-8,11H2,1-4H3. The molecule has 0 bridgehead atoms. The Balaban J connectivity index is 1.86. The molecule has 0 aliphatic heterocycles. The highest BCUT2D eigenvalue weighted by molar-refractivity contribution is 5.82. The summed E-state index contributed by atoms with van der Waals surface area (Å²) in [6.07, 6.45) is 7.07. The van der Waals surface area contributed by atoms with Gasteiger partial charge in [0.1, 0.15) is 5.78 Å². The molecule has 0 aromatic carbocycles. The largest absolute Gasteiger partial charge is 0.299 e. The summed E-state index contributed by atoms with van der Waals surface area (Å²) in [7, 11) is 0. The number of carbonyl (C=O) groups excluding carboxylic acids is 1. The topological polar surface area (TPSA) is 34.9 Å². The van der Waals surface area contributed by atoms with E-state index in [2.05, 4.69) is 32.8 Å². The summed E-state index contributed by atoms with van der Waals surface area (Å²) in [5.74, 6) is 2.24. The van der Waals surface area contributed by atoms with Crippen LogP contribution in [0.3, 0.4) is 0 Å². The number of rotatable bonds is 5. The first-order valence-corrected chi connectivity index (χ1v) is 8.04. The van der Waals surface area contributed by atoms with Gasteiger partial charge in [0, 0.05) is 18.2 Å². The van der Waals surface area contributed by atoms with E-state index >= 15 is 0 Å². The number of nitrogens with zero attached hydrogens (tertiary/aromatic N) is 2. The fraction of sp³-hybridized carbons (Fsp3) is 0.765. The number of carbonyl (C=O) groups is 1. The van der Waals surface area contributed by atoms with Crippen molar-refractivity contribution in [3.8, 4) is 0 Å². The molecular weight excluding hydrogens is 248 g/mol. The van der Waals surface area contributed by atoms with Crippen molar-refractivity contribution < 1.29 is 4.79 Å². The first-order chi connectivity index (χ1) is 9.47. The fourth-order valence-electron chi connectivity index (χ4n) is 3.19. The molecule has 0 N–H and O–H groups in total. The lowest BCUT2D eigenvalue weighted by molar-refractivity contribution is -0.123. The molecule has 20 heavy (non-hydrogen) atoms. The summed E-state index contributed by atoms with van der Waals surface area (Å²) in [5.41, 5.74) is 0.926. The molecule has 1 saturated carbocycles. The summed E-state index contributed by atoms with van der Waals surface area (Å²) in [5, 5.41) is 4.48. The van der Waals surface area contributed by atoms with Crippen LogP contribution in [0.5, 0.6) is 0 Å². The van der Waals surface area contributed by atoms with E-state index in [0.717, 1.165) is 30.4 Å². The number of Topliss-reactive ketones (excluding diaryl/α,β-unsaturated/α-hetero) is 1. The Morgan fingerprint density at radius 3 is 2.40 bits per heavy atom. The normalized spacial score (nSPS) is 23.5. The first-order valence-electron chi connectivity index (χ1n) is 8.04. The highest BCUT2D eigenvalue weighted by Crippen LogP contribution is 2.34. The minimum absolute atomic E-state index is 0.272. The molecule has 3 nitrogen and oxygen atoms in total. The van der Waals surface area contributed by atoms with Gasteiger partial charge in [0.15, 0.2) is 0 Å². The van der Waals surface area contributed by atoms with E-state index in [9.17, 15) is 4.79 Å². The van der Waals surface area contributed by atoms with Crippen LogP contribution in [-0.4, -0.2) is 15.6 Å². The lowest BCUT2D eigenvalue weighted by Crippen LogP contribution is -2.25. The van der Waals surface area contributed by atoms with Crippen molar-refractivity contribution in [1.82, 2.24) is 9.78 Å². The van der Waals surface area contributed by atoms with Crippen LogP contribution < -0.4 is 0 Å². The van der Waals surface area contributed by atoms with Gasteiger partial charge in [-0.3, -0.25) is 9.48 Å². The minimum Gasteiger partial charge on any atom is -0.299 e. The molecule has 0 spiro atoms. The van der Waals surface area contributed by atoms with E-state index in [1.54, 1.807) is 0 Å². The van der Waals surface area contributed by atoms with Crippen molar-refractivity contribution in [2.75, 3.05) is 0 Å². The summed E-state index contributed by atoms with van der Waals surface area (Å²) in [4.78, 5) is 12.4. The van der Waals surface area contributed by atoms with Gasteiger partial charge in [0.25, 0.3) is 0 Å². The third-order valence-corrected chi connectivity index (χ3v) is 4.72. The van der Waals surface area contributed by atoms with Crippen LogP contribution in [0.15, 0.2) is 12.3 Å². The molecule has 0 radical (unpaired) electrons. The molecular formula is C17H28N2O. The zero-order valence-electron chi connectivity index (χ0n) is 13.3. The van der Waals surface area contributed by atoms with Crippen LogP contribution in [0.2, 0.25) is 0 Å². The Morgan fingerprint density at radius 1 is 1.25 bits per heavy atom. The van der Waals surface area contributed by atoms with E-state index in [4.69, 9.17) is 0 Å². The Kier molecular flexibility index (Phi) is 5.00. The Morgan fingerprint density at radius 2 is 1.90 bits per heavy atom. The fourth-order valence-corrected chi connectivity index (χ4v) is 3.19. The SMILES string of the molecule is CC(C)C1CCC(C(=O)Cc2ccn(C(C)C)n2)CC1. The average Bonchev–Trinajstić information content (AvgIpc) is 2.87. The van der Waals surface area contributed by atoms with Gasteiger partial charge in [-0.05, 0) is 57.4 Å². The second-order valence-electron chi connectivity index (χ2n) is 6.88. The van der Waals surface area contributed by atoms with E-state index in [-0.39, 0.29) is 5.92 Å². The maximum Gasteiger partial charge on any atom is 0.141 e. The Hall–Kier alpha value is -1.12. The molecule has 1 aromatic rings. The number of hydrogen-bond donors (Lipinski definition) is 0. The summed E-state index contributed by atoms with van der Waals surface area (Å²) in [6.45, 7) is 8.80. The van der Waals surface area contributed by atoms with Gasteiger partial charge in [-0.15, -0.1) is 0 Å². The molecule has 2 rings (SSSR count). The third-order valence-electron chi connectivity index (χ3n) is 4.72. The molecule has 1 fully saturated rings. The molecule has 1 aliphatic carbocycles. The predicted octanol–water partition coefficient (Wildman–Crippen LogP) is 4.04. The zero-order chi connectivity index (χ0) is 14.7. The third kappa shape index (κ3) is 3.71. The number of ketones is 1. The van der Waals surface area contributed by atoms with Gasteiger partial charge < -0.3 is 0 Å². The Bertz CT molecular complexity index is 440. The van der Waals surface area contributed by atoms with Crippen molar-refractivity contribution in [3.05, 3.63) is 18.0 Å². The highest BCUT2D eigenvalue weighted by atomic mass is 16.1. The van der Waals surface area contributed by atoms with Crippen LogP contribution in [0, 0.1) is 17.8 Å². The molecule has 3 heteroatoms. The molecule has 0 unspecified atom stereocenters. The van der Waals surface area contributed by atoms with Gasteiger partial charge in [0.2, 0.25) is 0 Å². The maximum atomic E-state index is 12.4. The molecule has 112 valence electrons.